The van der Waals surface area contributed by atoms with Crippen molar-refractivity contribution in [1.82, 2.24) is 0 Å². The first-order chi connectivity index (χ1) is 8.11. The van der Waals surface area contributed by atoms with Crippen molar-refractivity contribution in [2.45, 2.75) is 19.4 Å². The van der Waals surface area contributed by atoms with Gasteiger partial charge in [0.25, 0.3) is 0 Å². The van der Waals surface area contributed by atoms with E-state index in [1.165, 1.54) is 6.07 Å². The Bertz CT molecular complexity index is 522. The summed E-state index contributed by atoms with van der Waals surface area (Å²) in [6, 6.07) is 8.17. The molecule has 0 aliphatic heterocycles. The minimum Gasteiger partial charge on any atom is -0.458 e. The van der Waals surface area contributed by atoms with Crippen LogP contribution in [0.15, 0.2) is 39.2 Å². The van der Waals surface area contributed by atoms with E-state index in [4.69, 9.17) is 4.42 Å². The molecule has 1 N–H and O–H groups in total. The van der Waals surface area contributed by atoms with Gasteiger partial charge >= 0.3 is 0 Å². The van der Waals surface area contributed by atoms with Gasteiger partial charge in [0.1, 0.15) is 23.4 Å². The molecule has 1 unspecified atom stereocenters. The molecule has 2 aromatic rings. The van der Waals surface area contributed by atoms with Gasteiger partial charge in [0.05, 0.1) is 4.47 Å². The van der Waals surface area contributed by atoms with Gasteiger partial charge in [-0.3, -0.25) is 0 Å². The van der Waals surface area contributed by atoms with Crippen LogP contribution in [0.5, 0.6) is 0 Å². The SMILES string of the molecule is CCC(O)c1ccc(-c2ccc(F)c(Br)c2)o1. The molecule has 1 aromatic carbocycles. The normalized spacial score (nSPS) is 12.7. The summed E-state index contributed by atoms with van der Waals surface area (Å²) in [6.45, 7) is 1.88. The van der Waals surface area contributed by atoms with Crippen LogP contribution < -0.4 is 0 Å². The fourth-order valence-corrected chi connectivity index (χ4v) is 1.92. The van der Waals surface area contributed by atoms with E-state index in [2.05, 4.69) is 15.9 Å². The average Bonchev–Trinajstić information content (AvgIpc) is 2.81. The van der Waals surface area contributed by atoms with Crippen LogP contribution in [-0.2, 0) is 0 Å². The molecule has 17 heavy (non-hydrogen) atoms. The Morgan fingerprint density at radius 3 is 2.76 bits per heavy atom. The number of aliphatic hydroxyl groups is 1. The highest BCUT2D eigenvalue weighted by atomic mass is 79.9. The van der Waals surface area contributed by atoms with Crippen molar-refractivity contribution in [1.29, 1.82) is 0 Å². The van der Waals surface area contributed by atoms with Crippen LogP contribution in [0.3, 0.4) is 0 Å². The number of hydrogen-bond acceptors (Lipinski definition) is 2. The third-order valence-corrected chi connectivity index (χ3v) is 3.15. The second-order valence-corrected chi connectivity index (χ2v) is 4.61. The minimum atomic E-state index is -0.590. The van der Waals surface area contributed by atoms with Gasteiger partial charge in [-0.25, -0.2) is 4.39 Å². The first-order valence-corrected chi connectivity index (χ1v) is 6.14. The standard InChI is InChI=1S/C13H12BrFO2/c1-2-11(16)13-6-5-12(17-13)8-3-4-10(15)9(14)7-8/h3-7,11,16H,2H2,1H3. The molecule has 2 nitrogen and oxygen atoms in total. The number of aliphatic hydroxyl groups excluding tert-OH is 1. The van der Waals surface area contributed by atoms with Crippen LogP contribution in [-0.4, -0.2) is 5.11 Å². The summed E-state index contributed by atoms with van der Waals surface area (Å²) in [4.78, 5) is 0. The van der Waals surface area contributed by atoms with Crippen LogP contribution >= 0.6 is 15.9 Å². The summed E-state index contributed by atoms with van der Waals surface area (Å²) in [5, 5.41) is 9.63. The molecule has 1 atom stereocenters. The summed E-state index contributed by atoms with van der Waals surface area (Å²) in [5.41, 5.74) is 0.771. The second kappa shape index (κ2) is 5.02. The van der Waals surface area contributed by atoms with Crippen molar-refractivity contribution in [3.05, 3.63) is 46.4 Å². The second-order valence-electron chi connectivity index (χ2n) is 3.75. The van der Waals surface area contributed by atoms with Gasteiger partial charge in [0.2, 0.25) is 0 Å². The zero-order chi connectivity index (χ0) is 12.4. The molecule has 2 rings (SSSR count). The fourth-order valence-electron chi connectivity index (χ4n) is 1.54. The topological polar surface area (TPSA) is 33.4 Å². The lowest BCUT2D eigenvalue weighted by Gasteiger charge is -2.03. The predicted octanol–water partition coefficient (Wildman–Crippen LogP) is 4.29. The molecule has 90 valence electrons. The van der Waals surface area contributed by atoms with E-state index in [1.807, 2.05) is 6.92 Å². The van der Waals surface area contributed by atoms with Crippen LogP contribution in [0.25, 0.3) is 11.3 Å². The van der Waals surface area contributed by atoms with Gasteiger partial charge in [-0.15, -0.1) is 0 Å². The fraction of sp³-hybridized carbons (Fsp3) is 0.231. The Morgan fingerprint density at radius 2 is 2.12 bits per heavy atom. The van der Waals surface area contributed by atoms with Crippen molar-refractivity contribution in [2.24, 2.45) is 0 Å². The van der Waals surface area contributed by atoms with E-state index < -0.39 is 6.10 Å². The van der Waals surface area contributed by atoms with Gasteiger partial charge in [-0.05, 0) is 52.7 Å². The maximum atomic E-state index is 13.1. The molecule has 0 radical (unpaired) electrons. The van der Waals surface area contributed by atoms with E-state index in [0.717, 1.165) is 5.56 Å². The predicted molar refractivity (Wildman–Crippen MR) is 67.1 cm³/mol. The molecule has 1 aromatic heterocycles. The van der Waals surface area contributed by atoms with Crippen molar-refractivity contribution < 1.29 is 13.9 Å². The first kappa shape index (κ1) is 12.3. The summed E-state index contributed by atoms with van der Waals surface area (Å²) < 4.78 is 19.0. The monoisotopic (exact) mass is 298 g/mol. The molecule has 0 aliphatic rings. The highest BCUT2D eigenvalue weighted by molar-refractivity contribution is 9.10. The van der Waals surface area contributed by atoms with Crippen LogP contribution in [0.4, 0.5) is 4.39 Å². The Kier molecular flexibility index (Phi) is 3.64. The molecular formula is C13H12BrFO2. The van der Waals surface area contributed by atoms with Crippen molar-refractivity contribution >= 4 is 15.9 Å². The van der Waals surface area contributed by atoms with Crippen molar-refractivity contribution in [2.75, 3.05) is 0 Å². The number of benzene rings is 1. The van der Waals surface area contributed by atoms with Crippen LogP contribution in [0.2, 0.25) is 0 Å². The first-order valence-electron chi connectivity index (χ1n) is 5.35. The Balaban J connectivity index is 2.33. The van der Waals surface area contributed by atoms with Gasteiger partial charge in [-0.2, -0.15) is 0 Å². The van der Waals surface area contributed by atoms with Gasteiger partial charge in [-0.1, -0.05) is 6.92 Å². The molecule has 0 saturated carbocycles. The van der Waals surface area contributed by atoms with Gasteiger partial charge in [0, 0.05) is 5.56 Å². The molecular weight excluding hydrogens is 287 g/mol. The minimum absolute atomic E-state index is 0.311. The third kappa shape index (κ3) is 2.58. The zero-order valence-corrected chi connectivity index (χ0v) is 10.9. The van der Waals surface area contributed by atoms with E-state index >= 15 is 0 Å². The van der Waals surface area contributed by atoms with Gasteiger partial charge < -0.3 is 9.52 Å². The van der Waals surface area contributed by atoms with Crippen LogP contribution in [0, 0.1) is 5.82 Å². The number of halogens is 2. The molecule has 0 saturated heterocycles. The zero-order valence-electron chi connectivity index (χ0n) is 9.28. The highest BCUT2D eigenvalue weighted by Crippen LogP contribution is 2.29. The van der Waals surface area contributed by atoms with Gasteiger partial charge in [0.15, 0.2) is 0 Å². The summed E-state index contributed by atoms with van der Waals surface area (Å²) in [6.07, 6.45) is 0.00714. The lowest BCUT2D eigenvalue weighted by Crippen LogP contribution is -1.91. The Hall–Kier alpha value is -1.13. The van der Waals surface area contributed by atoms with Crippen LogP contribution in [0.1, 0.15) is 25.2 Å². The number of hydrogen-bond donors (Lipinski definition) is 1. The molecule has 0 amide bonds. The van der Waals surface area contributed by atoms with E-state index in [9.17, 15) is 9.50 Å². The maximum absolute atomic E-state index is 13.1. The van der Waals surface area contributed by atoms with Crippen molar-refractivity contribution in [3.63, 3.8) is 0 Å². The highest BCUT2D eigenvalue weighted by Gasteiger charge is 2.12. The van der Waals surface area contributed by atoms with Crippen molar-refractivity contribution in [3.8, 4) is 11.3 Å². The lowest BCUT2D eigenvalue weighted by atomic mass is 10.2. The number of furan rings is 1. The smallest absolute Gasteiger partial charge is 0.137 e. The molecule has 0 bridgehead atoms. The average molecular weight is 299 g/mol. The molecule has 0 aliphatic carbocycles. The van der Waals surface area contributed by atoms with E-state index in [1.54, 1.807) is 24.3 Å². The summed E-state index contributed by atoms with van der Waals surface area (Å²) in [5.74, 6) is 0.838. The summed E-state index contributed by atoms with van der Waals surface area (Å²) in [7, 11) is 0. The van der Waals surface area contributed by atoms with E-state index in [-0.39, 0.29) is 5.82 Å². The molecule has 0 fully saturated rings. The number of rotatable bonds is 3. The quantitative estimate of drug-likeness (QED) is 0.917. The Labute approximate surface area is 107 Å². The Morgan fingerprint density at radius 1 is 1.35 bits per heavy atom. The third-order valence-electron chi connectivity index (χ3n) is 2.55. The lowest BCUT2D eigenvalue weighted by molar-refractivity contribution is 0.147. The molecule has 0 spiro atoms. The molecule has 1 heterocycles. The van der Waals surface area contributed by atoms with E-state index in [0.29, 0.717) is 22.4 Å². The summed E-state index contributed by atoms with van der Waals surface area (Å²) >= 11 is 3.13. The maximum Gasteiger partial charge on any atom is 0.137 e. The molecule has 4 heteroatoms. The largest absolute Gasteiger partial charge is 0.458 e.